The van der Waals surface area contributed by atoms with Crippen LogP contribution in [0.1, 0.15) is 0 Å². The van der Waals surface area contributed by atoms with Gasteiger partial charge in [-0.3, -0.25) is 0 Å². The van der Waals surface area contributed by atoms with Gasteiger partial charge in [0.2, 0.25) is 0 Å². The molecule has 0 amide bonds. The van der Waals surface area contributed by atoms with E-state index in [0.717, 1.165) is 5.69 Å². The second-order valence-corrected chi connectivity index (χ2v) is 8.98. The van der Waals surface area contributed by atoms with Gasteiger partial charge in [-0.25, -0.2) is 4.68 Å². The smallest absolute Gasteiger partial charge is 0.339 e. The van der Waals surface area contributed by atoms with Crippen LogP contribution in [0.2, 0.25) is 0 Å². The number of hydrogen-bond donors (Lipinski definition) is 0. The zero-order valence-corrected chi connectivity index (χ0v) is 10.8. The molecule has 0 N–H and O–H groups in total. The summed E-state index contributed by atoms with van der Waals surface area (Å²) in [5, 5.41) is 4.21. The Labute approximate surface area is 99.4 Å². The number of para-hydroxylation sites is 1. The lowest BCUT2D eigenvalue weighted by Crippen LogP contribution is -1.95. The van der Waals surface area contributed by atoms with E-state index in [1.807, 2.05) is 43.7 Å². The molecular weight excluding hydrogens is 241 g/mol. The standard InChI is InChI=1S/C10H12N3OPS/c1-15(2,16)14-10-11-8-13(12-10)9-6-4-3-5-7-9/h3-8H,1-2H3. The summed E-state index contributed by atoms with van der Waals surface area (Å²) < 4.78 is 7.15. The van der Waals surface area contributed by atoms with Gasteiger partial charge in [0.15, 0.2) is 0 Å². The maximum atomic E-state index is 5.49. The molecule has 2 rings (SSSR count). The molecule has 16 heavy (non-hydrogen) atoms. The molecule has 1 aromatic carbocycles. The SMILES string of the molecule is CP(C)(=S)Oc1ncn(-c2ccccc2)n1. The first-order chi connectivity index (χ1) is 7.54. The molecule has 0 unspecified atom stereocenters. The van der Waals surface area contributed by atoms with E-state index in [4.69, 9.17) is 16.3 Å². The first-order valence-corrected chi connectivity index (χ1v) is 8.38. The number of rotatable bonds is 3. The van der Waals surface area contributed by atoms with Gasteiger partial charge in [0, 0.05) is 0 Å². The van der Waals surface area contributed by atoms with Crippen molar-refractivity contribution in [3.63, 3.8) is 0 Å². The third kappa shape index (κ3) is 2.90. The average Bonchev–Trinajstić information content (AvgIpc) is 2.65. The monoisotopic (exact) mass is 253 g/mol. The second-order valence-electron chi connectivity index (χ2n) is 3.65. The van der Waals surface area contributed by atoms with Crippen molar-refractivity contribution < 1.29 is 4.52 Å². The Morgan fingerprint density at radius 1 is 1.25 bits per heavy atom. The van der Waals surface area contributed by atoms with Crippen LogP contribution in [0.15, 0.2) is 36.7 Å². The van der Waals surface area contributed by atoms with E-state index < -0.39 is 6.26 Å². The Morgan fingerprint density at radius 3 is 2.56 bits per heavy atom. The van der Waals surface area contributed by atoms with Crippen LogP contribution in [-0.4, -0.2) is 28.1 Å². The highest BCUT2D eigenvalue weighted by Gasteiger charge is 2.09. The molecule has 0 aliphatic carbocycles. The van der Waals surface area contributed by atoms with Gasteiger partial charge in [-0.05, 0) is 25.5 Å². The van der Waals surface area contributed by atoms with Crippen molar-refractivity contribution in [2.45, 2.75) is 0 Å². The molecule has 6 heteroatoms. The lowest BCUT2D eigenvalue weighted by molar-refractivity contribution is 0.561. The number of aromatic nitrogens is 3. The Balaban J connectivity index is 2.24. The van der Waals surface area contributed by atoms with E-state index in [9.17, 15) is 0 Å². The lowest BCUT2D eigenvalue weighted by atomic mass is 10.3. The van der Waals surface area contributed by atoms with Crippen molar-refractivity contribution >= 4 is 18.1 Å². The molecular formula is C10H12N3OPS. The van der Waals surface area contributed by atoms with Gasteiger partial charge >= 0.3 is 6.01 Å². The molecule has 1 heterocycles. The van der Waals surface area contributed by atoms with Crippen molar-refractivity contribution in [1.29, 1.82) is 0 Å². The fourth-order valence-corrected chi connectivity index (χ4v) is 1.87. The maximum Gasteiger partial charge on any atom is 0.339 e. The molecule has 0 fully saturated rings. The molecule has 0 aliphatic rings. The maximum absolute atomic E-state index is 5.49. The molecule has 0 atom stereocenters. The van der Waals surface area contributed by atoms with Gasteiger partial charge in [0.25, 0.3) is 0 Å². The molecule has 0 saturated heterocycles. The Hall–Kier alpha value is -1.19. The van der Waals surface area contributed by atoms with Crippen LogP contribution in [0.5, 0.6) is 6.01 Å². The summed E-state index contributed by atoms with van der Waals surface area (Å²) in [6, 6.07) is 10.1. The van der Waals surface area contributed by atoms with Crippen molar-refractivity contribution in [2.24, 2.45) is 0 Å². The van der Waals surface area contributed by atoms with E-state index in [1.165, 1.54) is 0 Å². The molecule has 0 bridgehead atoms. The summed E-state index contributed by atoms with van der Waals surface area (Å²) in [4.78, 5) is 4.07. The Bertz CT molecular complexity index is 520. The van der Waals surface area contributed by atoms with Gasteiger partial charge in [0.05, 0.1) is 5.69 Å². The molecule has 84 valence electrons. The van der Waals surface area contributed by atoms with Crippen LogP contribution in [0.25, 0.3) is 5.69 Å². The first-order valence-electron chi connectivity index (χ1n) is 4.76. The molecule has 0 spiro atoms. The van der Waals surface area contributed by atoms with Gasteiger partial charge in [-0.15, -0.1) is 5.10 Å². The number of nitrogens with zero attached hydrogens (tertiary/aromatic N) is 3. The highest BCUT2D eigenvalue weighted by molar-refractivity contribution is 8.11. The summed E-state index contributed by atoms with van der Waals surface area (Å²) in [6.45, 7) is 3.79. The van der Waals surface area contributed by atoms with Crippen LogP contribution >= 0.6 is 6.26 Å². The quantitative estimate of drug-likeness (QED) is 0.787. The summed E-state index contributed by atoms with van der Waals surface area (Å²) in [7, 11) is 0. The number of benzene rings is 1. The van der Waals surface area contributed by atoms with Crippen LogP contribution in [0, 0.1) is 0 Å². The molecule has 0 radical (unpaired) electrons. The van der Waals surface area contributed by atoms with E-state index in [1.54, 1.807) is 11.0 Å². The minimum absolute atomic E-state index is 0.345. The summed E-state index contributed by atoms with van der Waals surface area (Å²) in [5.74, 6) is 0. The predicted molar refractivity (Wildman–Crippen MR) is 68.1 cm³/mol. The molecule has 0 saturated carbocycles. The molecule has 0 aliphatic heterocycles. The fourth-order valence-electron chi connectivity index (χ4n) is 1.19. The highest BCUT2D eigenvalue weighted by Crippen LogP contribution is 2.37. The molecule has 1 aromatic heterocycles. The third-order valence-electron chi connectivity index (χ3n) is 1.79. The van der Waals surface area contributed by atoms with Gasteiger partial charge in [0.1, 0.15) is 12.6 Å². The molecule has 4 nitrogen and oxygen atoms in total. The van der Waals surface area contributed by atoms with Gasteiger partial charge in [-0.2, -0.15) is 4.98 Å². The summed E-state index contributed by atoms with van der Waals surface area (Å²) in [5.41, 5.74) is 0.949. The van der Waals surface area contributed by atoms with Crippen LogP contribution in [0.3, 0.4) is 0 Å². The van der Waals surface area contributed by atoms with Crippen LogP contribution in [-0.2, 0) is 11.8 Å². The third-order valence-corrected chi connectivity index (χ3v) is 2.62. The zero-order valence-electron chi connectivity index (χ0n) is 9.07. The summed E-state index contributed by atoms with van der Waals surface area (Å²) >= 11 is 5.19. The van der Waals surface area contributed by atoms with Crippen molar-refractivity contribution in [1.82, 2.24) is 14.8 Å². The second kappa shape index (κ2) is 4.36. The Kier molecular flexibility index (Phi) is 3.08. The number of hydrogen-bond acceptors (Lipinski definition) is 4. The van der Waals surface area contributed by atoms with Gasteiger partial charge < -0.3 is 4.52 Å². The zero-order chi connectivity index (χ0) is 11.6. The normalized spacial score (nSPS) is 11.4. The minimum atomic E-state index is -1.77. The molecule has 2 aromatic rings. The minimum Gasteiger partial charge on any atom is -0.434 e. The van der Waals surface area contributed by atoms with E-state index in [-0.39, 0.29) is 0 Å². The van der Waals surface area contributed by atoms with E-state index in [0.29, 0.717) is 6.01 Å². The van der Waals surface area contributed by atoms with Gasteiger partial charge in [-0.1, -0.05) is 30.0 Å². The highest BCUT2D eigenvalue weighted by atomic mass is 32.4. The van der Waals surface area contributed by atoms with Crippen LogP contribution in [0.4, 0.5) is 0 Å². The largest absolute Gasteiger partial charge is 0.434 e. The fraction of sp³-hybridized carbons (Fsp3) is 0.200. The van der Waals surface area contributed by atoms with E-state index >= 15 is 0 Å². The van der Waals surface area contributed by atoms with Crippen molar-refractivity contribution in [3.8, 4) is 11.7 Å². The van der Waals surface area contributed by atoms with Crippen LogP contribution < -0.4 is 4.52 Å². The first kappa shape index (κ1) is 11.3. The van der Waals surface area contributed by atoms with E-state index in [2.05, 4.69) is 10.1 Å². The summed E-state index contributed by atoms with van der Waals surface area (Å²) in [6.07, 6.45) is -0.150. The average molecular weight is 253 g/mol. The van der Waals surface area contributed by atoms with Crippen molar-refractivity contribution in [2.75, 3.05) is 13.3 Å². The topological polar surface area (TPSA) is 39.9 Å². The Morgan fingerprint density at radius 2 is 1.94 bits per heavy atom. The lowest BCUT2D eigenvalue weighted by Gasteiger charge is -2.08. The predicted octanol–water partition coefficient (Wildman–Crippen LogP) is 2.30. The van der Waals surface area contributed by atoms with Crippen molar-refractivity contribution in [3.05, 3.63) is 36.7 Å².